The Morgan fingerprint density at radius 3 is 3.03 bits per heavy atom. The number of carbonyl (C=O) groups is 1. The number of thiazole rings is 1. The Hall–Kier alpha value is -1.54. The van der Waals surface area contributed by atoms with Crippen molar-refractivity contribution in [3.8, 4) is 0 Å². The molecule has 2 heterocycles. The van der Waals surface area contributed by atoms with Crippen LogP contribution in [0.5, 0.6) is 0 Å². The predicted molar refractivity (Wildman–Crippen MR) is 119 cm³/mol. The van der Waals surface area contributed by atoms with Gasteiger partial charge in [-0.2, -0.15) is 0 Å². The normalized spacial score (nSPS) is 20.2. The van der Waals surface area contributed by atoms with Gasteiger partial charge < -0.3 is 20.3 Å². The average molecular weight is 419 g/mol. The molecule has 1 aromatic heterocycles. The van der Waals surface area contributed by atoms with Crippen LogP contribution in [0.3, 0.4) is 0 Å². The van der Waals surface area contributed by atoms with Crippen molar-refractivity contribution in [2.24, 2.45) is 5.92 Å². The summed E-state index contributed by atoms with van der Waals surface area (Å²) in [4.78, 5) is 19.3. The minimum absolute atomic E-state index is 0.0671. The molecule has 1 saturated heterocycles. The van der Waals surface area contributed by atoms with Crippen LogP contribution in [0.2, 0.25) is 0 Å². The minimum Gasteiger partial charge on any atom is -0.382 e. The summed E-state index contributed by atoms with van der Waals surface area (Å²) in [6.45, 7) is 10.3. The van der Waals surface area contributed by atoms with Crippen molar-refractivity contribution >= 4 is 27.5 Å². The summed E-state index contributed by atoms with van der Waals surface area (Å²) in [5.74, 6) is 0.615. The van der Waals surface area contributed by atoms with Gasteiger partial charge in [-0.1, -0.05) is 19.1 Å². The third-order valence-electron chi connectivity index (χ3n) is 5.48. The van der Waals surface area contributed by atoms with Crippen LogP contribution >= 0.6 is 11.3 Å². The van der Waals surface area contributed by atoms with Crippen LogP contribution in [-0.2, 0) is 16.0 Å². The Morgan fingerprint density at radius 2 is 2.24 bits per heavy atom. The number of likely N-dealkylation sites (tertiary alicyclic amines) is 1. The summed E-state index contributed by atoms with van der Waals surface area (Å²) in [7, 11) is 0. The fourth-order valence-electron chi connectivity index (χ4n) is 3.89. The quantitative estimate of drug-likeness (QED) is 0.549. The molecular weight excluding hydrogens is 384 g/mol. The van der Waals surface area contributed by atoms with E-state index in [1.165, 1.54) is 4.70 Å². The molecule has 0 unspecified atom stereocenters. The Balaban J connectivity index is 1.30. The van der Waals surface area contributed by atoms with Gasteiger partial charge in [0.25, 0.3) is 0 Å². The second-order valence-electron chi connectivity index (χ2n) is 7.78. The lowest BCUT2D eigenvalue weighted by Gasteiger charge is -2.37. The lowest BCUT2D eigenvalue weighted by Crippen LogP contribution is -2.50. The van der Waals surface area contributed by atoms with Crippen LogP contribution in [-0.4, -0.2) is 67.8 Å². The lowest BCUT2D eigenvalue weighted by molar-refractivity contribution is -0.120. The van der Waals surface area contributed by atoms with E-state index in [9.17, 15) is 4.79 Å². The fourth-order valence-corrected chi connectivity index (χ4v) is 4.86. The van der Waals surface area contributed by atoms with E-state index < -0.39 is 0 Å². The Morgan fingerprint density at radius 1 is 1.38 bits per heavy atom. The zero-order valence-corrected chi connectivity index (χ0v) is 18.5. The van der Waals surface area contributed by atoms with Crippen molar-refractivity contribution in [3.63, 3.8) is 0 Å². The zero-order chi connectivity index (χ0) is 20.5. The molecule has 1 fully saturated rings. The molecule has 1 aliphatic heterocycles. The summed E-state index contributed by atoms with van der Waals surface area (Å²) in [5.41, 5.74) is 1.04. The standard InChI is InChI=1S/C22H34N4O2S/c1-3-28-14-6-12-26-13-10-18(17(2)16-26)24-15-21(27)23-11-9-22-25-19-7-4-5-8-20(19)29-22/h4-5,7-8,17-18,24H,3,6,9-16H2,1-2H3,(H,23,27)/t17-,18-/m0/s1. The molecule has 1 amide bonds. The van der Waals surface area contributed by atoms with Crippen LogP contribution in [0.4, 0.5) is 0 Å². The first kappa shape index (κ1) is 22.2. The molecule has 7 heteroatoms. The Kier molecular flexibility index (Phi) is 8.86. The van der Waals surface area contributed by atoms with Gasteiger partial charge in [0.1, 0.15) is 0 Å². The van der Waals surface area contributed by atoms with Gasteiger partial charge in [0.2, 0.25) is 5.91 Å². The molecule has 0 spiro atoms. The van der Waals surface area contributed by atoms with Crippen LogP contribution in [0.25, 0.3) is 10.2 Å². The highest BCUT2D eigenvalue weighted by atomic mass is 32.1. The summed E-state index contributed by atoms with van der Waals surface area (Å²) in [6.07, 6.45) is 2.96. The molecule has 2 aromatic rings. The molecular formula is C22H34N4O2S. The van der Waals surface area contributed by atoms with Gasteiger partial charge in [-0.15, -0.1) is 11.3 Å². The second-order valence-corrected chi connectivity index (χ2v) is 8.89. The average Bonchev–Trinajstić information content (AvgIpc) is 3.13. The maximum absolute atomic E-state index is 12.2. The number of hydrogen-bond acceptors (Lipinski definition) is 6. The molecule has 29 heavy (non-hydrogen) atoms. The number of carbonyl (C=O) groups excluding carboxylic acids is 1. The fraction of sp³-hybridized carbons (Fsp3) is 0.636. The van der Waals surface area contributed by atoms with Crippen molar-refractivity contribution in [2.75, 3.05) is 45.9 Å². The van der Waals surface area contributed by atoms with Crippen LogP contribution < -0.4 is 10.6 Å². The van der Waals surface area contributed by atoms with E-state index >= 15 is 0 Å². The molecule has 0 aliphatic carbocycles. The maximum Gasteiger partial charge on any atom is 0.233 e. The smallest absolute Gasteiger partial charge is 0.233 e. The number of nitrogens with zero attached hydrogens (tertiary/aromatic N) is 2. The molecule has 0 saturated carbocycles. The topological polar surface area (TPSA) is 66.5 Å². The maximum atomic E-state index is 12.2. The highest BCUT2D eigenvalue weighted by Crippen LogP contribution is 2.21. The lowest BCUT2D eigenvalue weighted by atomic mass is 9.93. The molecule has 0 radical (unpaired) electrons. The van der Waals surface area contributed by atoms with Gasteiger partial charge in [-0.25, -0.2) is 4.98 Å². The van der Waals surface area contributed by atoms with Crippen LogP contribution in [0.1, 0.15) is 31.7 Å². The van der Waals surface area contributed by atoms with Gasteiger partial charge in [0.15, 0.2) is 0 Å². The molecule has 1 aromatic carbocycles. The number of piperidine rings is 1. The van der Waals surface area contributed by atoms with E-state index in [-0.39, 0.29) is 5.91 Å². The van der Waals surface area contributed by atoms with Gasteiger partial charge in [-0.3, -0.25) is 4.79 Å². The monoisotopic (exact) mass is 418 g/mol. The number of para-hydroxylation sites is 1. The van der Waals surface area contributed by atoms with E-state index in [1.54, 1.807) is 11.3 Å². The number of benzene rings is 1. The van der Waals surface area contributed by atoms with Crippen molar-refractivity contribution in [2.45, 2.75) is 39.2 Å². The number of hydrogen-bond donors (Lipinski definition) is 2. The van der Waals surface area contributed by atoms with E-state index in [0.717, 1.165) is 62.6 Å². The van der Waals surface area contributed by atoms with E-state index in [2.05, 4.69) is 33.5 Å². The second kappa shape index (κ2) is 11.6. The summed E-state index contributed by atoms with van der Waals surface area (Å²) >= 11 is 1.70. The third kappa shape index (κ3) is 7.03. The highest BCUT2D eigenvalue weighted by molar-refractivity contribution is 7.18. The Labute approximate surface area is 178 Å². The zero-order valence-electron chi connectivity index (χ0n) is 17.7. The molecule has 2 atom stereocenters. The predicted octanol–water partition coefficient (Wildman–Crippen LogP) is 2.68. The number of aromatic nitrogens is 1. The first-order valence-electron chi connectivity index (χ1n) is 10.8. The van der Waals surface area contributed by atoms with Gasteiger partial charge >= 0.3 is 0 Å². The van der Waals surface area contributed by atoms with Crippen molar-refractivity contribution in [1.82, 2.24) is 20.5 Å². The number of rotatable bonds is 11. The summed E-state index contributed by atoms with van der Waals surface area (Å²) in [5, 5.41) is 7.56. The van der Waals surface area contributed by atoms with E-state index in [0.29, 0.717) is 25.0 Å². The van der Waals surface area contributed by atoms with Crippen molar-refractivity contribution in [1.29, 1.82) is 0 Å². The number of ether oxygens (including phenoxy) is 1. The first-order chi connectivity index (χ1) is 14.2. The summed E-state index contributed by atoms with van der Waals surface area (Å²) in [6, 6.07) is 8.57. The third-order valence-corrected chi connectivity index (χ3v) is 6.58. The molecule has 0 bridgehead atoms. The van der Waals surface area contributed by atoms with Crippen molar-refractivity contribution in [3.05, 3.63) is 29.3 Å². The van der Waals surface area contributed by atoms with E-state index in [1.807, 2.05) is 25.1 Å². The molecule has 1 aliphatic rings. The van der Waals surface area contributed by atoms with Crippen molar-refractivity contribution < 1.29 is 9.53 Å². The van der Waals surface area contributed by atoms with Crippen LogP contribution in [0.15, 0.2) is 24.3 Å². The molecule has 2 N–H and O–H groups in total. The summed E-state index contributed by atoms with van der Waals surface area (Å²) < 4.78 is 6.63. The number of nitrogens with one attached hydrogen (secondary N) is 2. The number of fused-ring (bicyclic) bond motifs is 1. The van der Waals surface area contributed by atoms with Gasteiger partial charge in [0.05, 0.1) is 21.8 Å². The van der Waals surface area contributed by atoms with E-state index in [4.69, 9.17) is 4.74 Å². The van der Waals surface area contributed by atoms with Gasteiger partial charge in [0, 0.05) is 45.3 Å². The minimum atomic E-state index is 0.0671. The number of amides is 1. The highest BCUT2D eigenvalue weighted by Gasteiger charge is 2.25. The molecule has 160 valence electrons. The first-order valence-corrected chi connectivity index (χ1v) is 11.6. The SMILES string of the molecule is CCOCCCN1CC[C@H](NCC(=O)NCCc2nc3ccccc3s2)[C@@H](C)C1. The Bertz CT molecular complexity index is 733. The molecule has 3 rings (SSSR count). The molecule has 6 nitrogen and oxygen atoms in total. The van der Waals surface area contributed by atoms with Gasteiger partial charge in [-0.05, 0) is 44.4 Å². The largest absolute Gasteiger partial charge is 0.382 e. The van der Waals surface area contributed by atoms with Crippen LogP contribution in [0, 0.1) is 5.92 Å².